The van der Waals surface area contributed by atoms with E-state index in [4.69, 9.17) is 4.74 Å². The number of carbonyl (C=O) groups excluding carboxylic acids is 4. The molecule has 3 rings (SSSR count). The molecule has 0 N–H and O–H groups in total. The fraction of sp³-hybridized carbons (Fsp3) is 0.500. The number of esters is 2. The Morgan fingerprint density at radius 3 is 2.34 bits per heavy atom. The maximum Gasteiger partial charge on any atom is 0.491 e. The number of benzene rings is 1. The summed E-state index contributed by atoms with van der Waals surface area (Å²) in [5.41, 5.74) is 0.117. The van der Waals surface area contributed by atoms with Crippen LogP contribution in [0, 0.1) is 0 Å². The molecule has 2 heterocycles. The van der Waals surface area contributed by atoms with Crippen LogP contribution in [0.5, 0.6) is 0 Å². The number of ether oxygens (including phenoxy) is 2. The van der Waals surface area contributed by atoms with Crippen molar-refractivity contribution in [2.24, 2.45) is 0 Å². The van der Waals surface area contributed by atoms with Crippen molar-refractivity contribution >= 4 is 33.8 Å². The van der Waals surface area contributed by atoms with Crippen molar-refractivity contribution in [2.75, 3.05) is 52.2 Å². The van der Waals surface area contributed by atoms with E-state index >= 15 is 0 Å². The molecule has 15 heteroatoms. The van der Waals surface area contributed by atoms with Crippen molar-refractivity contribution in [1.29, 1.82) is 0 Å². The van der Waals surface area contributed by atoms with Gasteiger partial charge in [-0.05, 0) is 17.7 Å². The minimum Gasteiger partial charge on any atom is -0.385 e. The number of fused-ring (bicyclic) bond motifs is 1. The highest BCUT2D eigenvalue weighted by atomic mass is 32.2. The van der Waals surface area contributed by atoms with Gasteiger partial charge in [-0.15, -0.1) is 0 Å². The van der Waals surface area contributed by atoms with E-state index in [2.05, 4.69) is 4.74 Å². The molecule has 0 aliphatic carbocycles. The molecule has 0 unspecified atom stereocenters. The van der Waals surface area contributed by atoms with Crippen LogP contribution in [0.4, 0.5) is 13.2 Å². The van der Waals surface area contributed by atoms with Gasteiger partial charge in [0.25, 0.3) is 11.8 Å². The maximum atomic E-state index is 12.6. The van der Waals surface area contributed by atoms with Gasteiger partial charge < -0.3 is 9.47 Å². The van der Waals surface area contributed by atoms with Crippen LogP contribution in [0.3, 0.4) is 0 Å². The van der Waals surface area contributed by atoms with Crippen LogP contribution in [0.25, 0.3) is 0 Å². The average Bonchev–Trinajstić information content (AvgIpc) is 3.00. The number of morpholine rings is 1. The number of amides is 2. The van der Waals surface area contributed by atoms with Gasteiger partial charge in [0.1, 0.15) is 6.54 Å². The predicted molar refractivity (Wildman–Crippen MR) is 111 cm³/mol. The summed E-state index contributed by atoms with van der Waals surface area (Å²) in [7, 11) is -3.62. The highest BCUT2D eigenvalue weighted by molar-refractivity contribution is 7.88. The van der Waals surface area contributed by atoms with E-state index in [1.807, 2.05) is 4.90 Å². The summed E-state index contributed by atoms with van der Waals surface area (Å²) in [6, 6.07) is 3.99. The van der Waals surface area contributed by atoms with Crippen LogP contribution in [0.15, 0.2) is 18.2 Å². The summed E-state index contributed by atoms with van der Waals surface area (Å²) in [4.78, 5) is 49.9. The standard InChI is InChI=1S/C20H22F3N3O8S/c1-35(31,32)25(5-4-24-6-8-33-9-7-24)11-13-2-3-14-15(10-13)18(29)26(17(14)28)12-16(27)34-19(30)20(21,22)23/h2-3,10H,4-9,11-12H2,1H3. The molecular formula is C20H22F3N3O8S. The Bertz CT molecular complexity index is 1130. The van der Waals surface area contributed by atoms with Crippen molar-refractivity contribution in [3.05, 3.63) is 34.9 Å². The zero-order valence-corrected chi connectivity index (χ0v) is 19.4. The highest BCUT2D eigenvalue weighted by Crippen LogP contribution is 2.25. The lowest BCUT2D eigenvalue weighted by Crippen LogP contribution is -2.42. The molecule has 2 amide bonds. The monoisotopic (exact) mass is 521 g/mol. The van der Waals surface area contributed by atoms with E-state index in [-0.39, 0.29) is 24.2 Å². The second-order valence-electron chi connectivity index (χ2n) is 7.89. The number of nitrogens with zero attached hydrogens (tertiary/aromatic N) is 3. The molecule has 2 aliphatic heterocycles. The van der Waals surface area contributed by atoms with Crippen molar-refractivity contribution in [2.45, 2.75) is 12.7 Å². The third-order valence-electron chi connectivity index (χ3n) is 5.36. The zero-order chi connectivity index (χ0) is 26.0. The van der Waals surface area contributed by atoms with E-state index < -0.39 is 46.5 Å². The summed E-state index contributed by atoms with van der Waals surface area (Å²) in [6.07, 6.45) is -4.37. The van der Waals surface area contributed by atoms with Gasteiger partial charge in [-0.2, -0.15) is 17.5 Å². The van der Waals surface area contributed by atoms with Crippen LogP contribution in [-0.4, -0.2) is 105 Å². The minimum atomic E-state index is -5.42. The summed E-state index contributed by atoms with van der Waals surface area (Å²) in [5.74, 6) is -6.43. The molecule has 0 aromatic heterocycles. The first kappa shape index (κ1) is 26.7. The number of rotatable bonds is 8. The second kappa shape index (κ2) is 10.4. The number of sulfonamides is 1. The SMILES string of the molecule is CS(=O)(=O)N(CCN1CCOCC1)Cc1ccc2c(c1)C(=O)N(CC(=O)OC(=O)C(F)(F)F)C2=O. The molecule has 2 aliphatic rings. The number of halogens is 3. The largest absolute Gasteiger partial charge is 0.491 e. The normalized spacial score (nSPS) is 17.1. The zero-order valence-electron chi connectivity index (χ0n) is 18.5. The molecule has 192 valence electrons. The first-order valence-corrected chi connectivity index (χ1v) is 12.2. The molecular weight excluding hydrogens is 499 g/mol. The first-order chi connectivity index (χ1) is 16.3. The van der Waals surface area contributed by atoms with Crippen molar-refractivity contribution in [3.8, 4) is 0 Å². The number of imide groups is 1. The quantitative estimate of drug-likeness (QED) is 0.264. The smallest absolute Gasteiger partial charge is 0.385 e. The summed E-state index contributed by atoms with van der Waals surface area (Å²) >= 11 is 0. The predicted octanol–water partition coefficient (Wildman–Crippen LogP) is 0.00850. The number of hydrogen-bond acceptors (Lipinski definition) is 9. The molecule has 1 aromatic carbocycles. The van der Waals surface area contributed by atoms with Crippen LogP contribution in [-0.2, 0) is 35.6 Å². The lowest BCUT2D eigenvalue weighted by atomic mass is 10.1. The van der Waals surface area contributed by atoms with Gasteiger partial charge in [-0.25, -0.2) is 18.0 Å². The average molecular weight is 521 g/mol. The Kier molecular flexibility index (Phi) is 7.93. The van der Waals surface area contributed by atoms with Gasteiger partial charge >= 0.3 is 18.1 Å². The van der Waals surface area contributed by atoms with Crippen LogP contribution in [0.1, 0.15) is 26.3 Å². The first-order valence-electron chi connectivity index (χ1n) is 10.3. The van der Waals surface area contributed by atoms with Gasteiger partial charge in [0, 0.05) is 32.7 Å². The lowest BCUT2D eigenvalue weighted by molar-refractivity contribution is -0.201. The van der Waals surface area contributed by atoms with Gasteiger partial charge in [-0.1, -0.05) is 6.07 Å². The van der Waals surface area contributed by atoms with Crippen LogP contribution >= 0.6 is 0 Å². The van der Waals surface area contributed by atoms with E-state index in [1.54, 1.807) is 0 Å². The summed E-state index contributed by atoms with van der Waals surface area (Å²) in [6.45, 7) is 1.78. The Balaban J connectivity index is 1.70. The van der Waals surface area contributed by atoms with Crippen LogP contribution < -0.4 is 0 Å². The minimum absolute atomic E-state index is 0.0972. The van der Waals surface area contributed by atoms with Gasteiger partial charge in [0.05, 0.1) is 30.6 Å². The molecule has 0 radical (unpaired) electrons. The van der Waals surface area contributed by atoms with Crippen molar-refractivity contribution in [3.63, 3.8) is 0 Å². The lowest BCUT2D eigenvalue weighted by Gasteiger charge is -2.29. The Hall–Kier alpha value is -2.88. The molecule has 35 heavy (non-hydrogen) atoms. The van der Waals surface area contributed by atoms with Crippen molar-refractivity contribution in [1.82, 2.24) is 14.1 Å². The Morgan fingerprint density at radius 2 is 1.74 bits per heavy atom. The number of hydrogen-bond donors (Lipinski definition) is 0. The summed E-state index contributed by atoms with van der Waals surface area (Å²) in [5, 5.41) is 0. The molecule has 1 fully saturated rings. The van der Waals surface area contributed by atoms with E-state index in [0.29, 0.717) is 43.3 Å². The van der Waals surface area contributed by atoms with E-state index in [9.17, 15) is 40.8 Å². The number of carbonyl (C=O) groups is 4. The molecule has 0 saturated carbocycles. The van der Waals surface area contributed by atoms with Crippen LogP contribution in [0.2, 0.25) is 0 Å². The third-order valence-corrected chi connectivity index (χ3v) is 6.61. The molecule has 0 atom stereocenters. The Morgan fingerprint density at radius 1 is 1.11 bits per heavy atom. The Labute approximate surface area is 198 Å². The molecule has 1 saturated heterocycles. The maximum absolute atomic E-state index is 12.6. The van der Waals surface area contributed by atoms with Crippen molar-refractivity contribution < 1.29 is 50.2 Å². The van der Waals surface area contributed by atoms with Gasteiger partial charge in [0.2, 0.25) is 10.0 Å². The molecule has 11 nitrogen and oxygen atoms in total. The number of alkyl halides is 3. The fourth-order valence-electron chi connectivity index (χ4n) is 3.55. The topological polar surface area (TPSA) is 131 Å². The second-order valence-corrected chi connectivity index (χ2v) is 9.87. The van der Waals surface area contributed by atoms with E-state index in [0.717, 1.165) is 6.26 Å². The summed E-state index contributed by atoms with van der Waals surface area (Å²) < 4.78 is 71.4. The molecule has 0 spiro atoms. The van der Waals surface area contributed by atoms with Gasteiger partial charge in [-0.3, -0.25) is 19.4 Å². The van der Waals surface area contributed by atoms with Gasteiger partial charge in [0.15, 0.2) is 0 Å². The highest BCUT2D eigenvalue weighted by Gasteiger charge is 2.44. The third kappa shape index (κ3) is 6.62. The molecule has 1 aromatic rings. The van der Waals surface area contributed by atoms with E-state index in [1.165, 1.54) is 22.5 Å². The fourth-order valence-corrected chi connectivity index (χ4v) is 4.34. The molecule has 0 bridgehead atoms.